The fourth-order valence-electron chi connectivity index (χ4n) is 9.18. The molecule has 7 aromatic carbocycles. The van der Waals surface area contributed by atoms with Crippen LogP contribution in [-0.2, 0) is 10.8 Å². The summed E-state index contributed by atoms with van der Waals surface area (Å²) in [4.78, 5) is 9.71. The Kier molecular flexibility index (Phi) is 9.71. The van der Waals surface area contributed by atoms with Crippen molar-refractivity contribution in [1.82, 2.24) is 9.55 Å². The van der Waals surface area contributed by atoms with E-state index < -0.39 is 0 Å². The number of aryl methyl sites for hydroxylation is 1. The molecule has 63 heavy (non-hydrogen) atoms. The standard InChI is InChI=1S/C57H51FN4O/c1-37-15-8-9-16-45(37)39-31-42(60-36-61(52-22-13-12-21-51(52)60)55-46(38-23-25-41(58)26-24-38)18-14-19-49(55)57(5,6)7)34-44(32-39)63-43-27-28-48-47-17-10-11-20-50(47)62(53(48)35-43)54-33-40(29-30-59-54)56(2,3)4/h8-35H,36H2,1-7H3. The van der Waals surface area contributed by atoms with Gasteiger partial charge < -0.3 is 14.5 Å². The summed E-state index contributed by atoms with van der Waals surface area (Å²) in [5.74, 6) is 2.10. The van der Waals surface area contributed by atoms with Crippen LogP contribution in [0.3, 0.4) is 0 Å². The van der Waals surface area contributed by atoms with Crippen LogP contribution in [-0.4, -0.2) is 16.2 Å². The average molecular weight is 827 g/mol. The molecule has 6 heteroatoms. The Morgan fingerprint density at radius 3 is 2.02 bits per heavy atom. The van der Waals surface area contributed by atoms with Gasteiger partial charge in [-0.25, -0.2) is 9.37 Å². The van der Waals surface area contributed by atoms with Gasteiger partial charge in [0.25, 0.3) is 0 Å². The molecule has 0 fully saturated rings. The smallest absolute Gasteiger partial charge is 0.137 e. The summed E-state index contributed by atoms with van der Waals surface area (Å²) < 4.78 is 23.5. The number of anilines is 4. The molecule has 9 aromatic rings. The largest absolute Gasteiger partial charge is 0.457 e. The molecule has 1 aliphatic heterocycles. The van der Waals surface area contributed by atoms with Crippen molar-refractivity contribution in [3.63, 3.8) is 0 Å². The molecule has 0 atom stereocenters. The summed E-state index contributed by atoms with van der Waals surface area (Å²) in [6, 6.07) is 56.3. The highest BCUT2D eigenvalue weighted by molar-refractivity contribution is 6.09. The molecular formula is C57H51FN4O. The Morgan fingerprint density at radius 2 is 1.25 bits per heavy atom. The van der Waals surface area contributed by atoms with Gasteiger partial charge in [-0.15, -0.1) is 0 Å². The molecule has 0 spiro atoms. The number of hydrogen-bond donors (Lipinski definition) is 0. The van der Waals surface area contributed by atoms with E-state index in [9.17, 15) is 4.39 Å². The van der Waals surface area contributed by atoms with Gasteiger partial charge in [-0.3, -0.25) is 4.57 Å². The molecule has 3 heterocycles. The molecule has 5 nitrogen and oxygen atoms in total. The Bertz CT molecular complexity index is 3190. The molecule has 1 aliphatic rings. The molecule has 0 unspecified atom stereocenters. The fraction of sp³-hybridized carbons (Fsp3) is 0.175. The summed E-state index contributed by atoms with van der Waals surface area (Å²) in [5, 5.41) is 2.30. The number of fused-ring (bicyclic) bond motifs is 4. The van der Waals surface area contributed by atoms with Gasteiger partial charge >= 0.3 is 0 Å². The number of hydrogen-bond acceptors (Lipinski definition) is 4. The minimum absolute atomic E-state index is 0.0295. The van der Waals surface area contributed by atoms with E-state index in [0.29, 0.717) is 6.67 Å². The molecular weight excluding hydrogens is 776 g/mol. The zero-order valence-corrected chi connectivity index (χ0v) is 36.9. The summed E-state index contributed by atoms with van der Waals surface area (Å²) in [5.41, 5.74) is 14.1. The van der Waals surface area contributed by atoms with Crippen molar-refractivity contribution >= 4 is 44.6 Å². The molecule has 2 aromatic heterocycles. The predicted molar refractivity (Wildman–Crippen MR) is 260 cm³/mol. The van der Waals surface area contributed by atoms with Gasteiger partial charge in [-0.05, 0) is 118 Å². The van der Waals surface area contributed by atoms with E-state index in [0.717, 1.165) is 78.7 Å². The van der Waals surface area contributed by atoms with Crippen LogP contribution in [0.25, 0.3) is 49.9 Å². The second kappa shape index (κ2) is 15.3. The van der Waals surface area contributed by atoms with Crippen molar-refractivity contribution in [1.29, 1.82) is 0 Å². The van der Waals surface area contributed by atoms with Gasteiger partial charge in [0.15, 0.2) is 0 Å². The lowest BCUT2D eigenvalue weighted by Gasteiger charge is -2.32. The fourth-order valence-corrected chi connectivity index (χ4v) is 9.18. The molecule has 10 rings (SSSR count). The van der Waals surface area contributed by atoms with E-state index in [-0.39, 0.29) is 16.6 Å². The maximum atomic E-state index is 14.3. The van der Waals surface area contributed by atoms with Gasteiger partial charge in [0.1, 0.15) is 29.8 Å². The van der Waals surface area contributed by atoms with E-state index in [1.807, 2.05) is 18.3 Å². The van der Waals surface area contributed by atoms with Crippen molar-refractivity contribution in [3.8, 4) is 39.6 Å². The maximum Gasteiger partial charge on any atom is 0.137 e. The van der Waals surface area contributed by atoms with Gasteiger partial charge in [0.05, 0.1) is 28.1 Å². The van der Waals surface area contributed by atoms with Gasteiger partial charge in [0.2, 0.25) is 0 Å². The number of benzene rings is 7. The lowest BCUT2D eigenvalue weighted by Crippen LogP contribution is -2.27. The van der Waals surface area contributed by atoms with Crippen LogP contribution >= 0.6 is 0 Å². The second-order valence-corrected chi connectivity index (χ2v) is 18.8. The first kappa shape index (κ1) is 39.9. The van der Waals surface area contributed by atoms with Crippen LogP contribution in [0, 0.1) is 12.7 Å². The third-order valence-corrected chi connectivity index (χ3v) is 12.4. The van der Waals surface area contributed by atoms with Crippen molar-refractivity contribution in [2.45, 2.75) is 59.3 Å². The topological polar surface area (TPSA) is 33.5 Å². The Balaban J connectivity index is 1.11. The molecule has 312 valence electrons. The first-order valence-electron chi connectivity index (χ1n) is 21.7. The van der Waals surface area contributed by atoms with Crippen LogP contribution in [0.15, 0.2) is 170 Å². The number of rotatable bonds is 7. The molecule has 0 aliphatic carbocycles. The molecule has 0 radical (unpaired) electrons. The predicted octanol–water partition coefficient (Wildman–Crippen LogP) is 15.6. The third kappa shape index (κ3) is 7.29. The SMILES string of the molecule is Cc1ccccc1-c1cc(Oc2ccc3c4ccccc4n(-c4cc(C(C)(C)C)ccn4)c3c2)cc(N2CN(c3c(-c4ccc(F)cc4)cccc3C(C)(C)C)c3ccccc32)c1. The highest BCUT2D eigenvalue weighted by Crippen LogP contribution is 2.51. The second-order valence-electron chi connectivity index (χ2n) is 18.8. The van der Waals surface area contributed by atoms with E-state index in [4.69, 9.17) is 9.72 Å². The first-order chi connectivity index (χ1) is 30.3. The van der Waals surface area contributed by atoms with Gasteiger partial charge in [-0.2, -0.15) is 0 Å². The summed E-state index contributed by atoms with van der Waals surface area (Å²) >= 11 is 0. The van der Waals surface area contributed by atoms with Crippen LogP contribution in [0.5, 0.6) is 11.5 Å². The number of aromatic nitrogens is 2. The van der Waals surface area contributed by atoms with Crippen LogP contribution < -0.4 is 14.5 Å². The lowest BCUT2D eigenvalue weighted by molar-refractivity contribution is 0.483. The van der Waals surface area contributed by atoms with Crippen LogP contribution in [0.1, 0.15) is 58.2 Å². The molecule has 0 saturated heterocycles. The lowest BCUT2D eigenvalue weighted by atomic mass is 9.83. The van der Waals surface area contributed by atoms with E-state index in [2.05, 4.69) is 202 Å². The molecule has 0 amide bonds. The summed E-state index contributed by atoms with van der Waals surface area (Å²) in [6.07, 6.45) is 1.92. The van der Waals surface area contributed by atoms with Gasteiger partial charge in [0, 0.05) is 40.4 Å². The van der Waals surface area contributed by atoms with E-state index in [1.165, 1.54) is 22.1 Å². The number of ether oxygens (including phenoxy) is 1. The quantitative estimate of drug-likeness (QED) is 0.160. The first-order valence-corrected chi connectivity index (χ1v) is 21.7. The van der Waals surface area contributed by atoms with Gasteiger partial charge in [-0.1, -0.05) is 126 Å². The van der Waals surface area contributed by atoms with Crippen molar-refractivity contribution in [2.75, 3.05) is 16.5 Å². The van der Waals surface area contributed by atoms with Crippen LogP contribution in [0.4, 0.5) is 27.1 Å². The van der Waals surface area contributed by atoms with E-state index in [1.54, 1.807) is 12.1 Å². The summed E-state index contributed by atoms with van der Waals surface area (Å²) in [6.45, 7) is 16.2. The maximum absolute atomic E-state index is 14.3. The molecule has 0 N–H and O–H groups in total. The van der Waals surface area contributed by atoms with Crippen molar-refractivity contribution < 1.29 is 9.13 Å². The highest BCUT2D eigenvalue weighted by Gasteiger charge is 2.33. The van der Waals surface area contributed by atoms with Crippen LogP contribution in [0.2, 0.25) is 0 Å². The Morgan fingerprint density at radius 1 is 0.556 bits per heavy atom. The minimum atomic E-state index is -0.248. The number of nitrogens with zero attached hydrogens (tertiary/aromatic N) is 4. The number of para-hydroxylation sites is 4. The normalized spacial score (nSPS) is 13.0. The molecule has 0 bridgehead atoms. The highest BCUT2D eigenvalue weighted by atomic mass is 19.1. The third-order valence-electron chi connectivity index (χ3n) is 12.4. The Labute approximate surface area is 369 Å². The average Bonchev–Trinajstić information content (AvgIpc) is 3.82. The zero-order chi connectivity index (χ0) is 43.6. The van der Waals surface area contributed by atoms with Crippen molar-refractivity contribution in [2.24, 2.45) is 0 Å². The van der Waals surface area contributed by atoms with Crippen molar-refractivity contribution in [3.05, 3.63) is 192 Å². The zero-order valence-electron chi connectivity index (χ0n) is 36.9. The van der Waals surface area contributed by atoms with E-state index >= 15 is 0 Å². The minimum Gasteiger partial charge on any atom is -0.457 e. The monoisotopic (exact) mass is 826 g/mol. The number of pyridine rings is 1. The summed E-state index contributed by atoms with van der Waals surface area (Å²) in [7, 11) is 0. The Hall–Kier alpha value is -7.18. The molecule has 0 saturated carbocycles. The number of halogens is 1.